The molecule has 2 aliphatic rings. The lowest BCUT2D eigenvalue weighted by Crippen LogP contribution is -2.46. The molecule has 0 bridgehead atoms. The fourth-order valence-corrected chi connectivity index (χ4v) is 6.06. The lowest BCUT2D eigenvalue weighted by atomic mass is 9.91. The number of halogens is 1. The molecular formula is C35H31ClN6O. The van der Waals surface area contributed by atoms with E-state index in [2.05, 4.69) is 73.5 Å². The average molecular weight is 587 g/mol. The number of nitrogens with one attached hydrogen (secondary N) is 1. The number of fused-ring (bicyclic) bond motifs is 4. The molecule has 0 radical (unpaired) electrons. The van der Waals surface area contributed by atoms with Crippen LogP contribution < -0.4 is 15.0 Å². The Bertz CT molecular complexity index is 1890. The molecule has 0 aliphatic carbocycles. The highest BCUT2D eigenvalue weighted by Crippen LogP contribution is 2.48. The molecule has 7 rings (SSSR count). The summed E-state index contributed by atoms with van der Waals surface area (Å²) in [7, 11) is 1.61. The van der Waals surface area contributed by atoms with Crippen molar-refractivity contribution >= 4 is 46.2 Å². The SMILES string of the molecule is COc1ccc(NC2=Nc3ccccc3N3C2=Nc2c(c(C)nn2-c2ccccc2)[C@H]3c2ccc(C(C)C)cc2)cc1Cl. The molecule has 0 saturated heterocycles. The van der Waals surface area contributed by atoms with Crippen molar-refractivity contribution in [3.8, 4) is 11.4 Å². The van der Waals surface area contributed by atoms with Crippen molar-refractivity contribution in [2.75, 3.05) is 17.3 Å². The van der Waals surface area contributed by atoms with Gasteiger partial charge < -0.3 is 15.0 Å². The van der Waals surface area contributed by atoms with Crippen LogP contribution in [0.15, 0.2) is 107 Å². The maximum atomic E-state index is 6.50. The summed E-state index contributed by atoms with van der Waals surface area (Å²) >= 11 is 6.50. The van der Waals surface area contributed by atoms with Gasteiger partial charge in [0.1, 0.15) is 5.75 Å². The Morgan fingerprint density at radius 3 is 2.35 bits per heavy atom. The van der Waals surface area contributed by atoms with Crippen LogP contribution in [0.4, 0.5) is 22.9 Å². The van der Waals surface area contributed by atoms with Gasteiger partial charge in [0.2, 0.25) is 0 Å². The molecule has 1 N–H and O–H groups in total. The number of anilines is 2. The minimum Gasteiger partial charge on any atom is -0.495 e. The van der Waals surface area contributed by atoms with Crippen molar-refractivity contribution in [2.45, 2.75) is 32.7 Å². The highest BCUT2D eigenvalue weighted by Gasteiger charge is 2.41. The van der Waals surface area contributed by atoms with E-state index in [1.165, 1.54) is 5.56 Å². The third-order valence-electron chi connectivity index (χ3n) is 7.97. The van der Waals surface area contributed by atoms with Crippen molar-refractivity contribution in [3.05, 3.63) is 124 Å². The molecule has 2 aliphatic heterocycles. The standard InChI is InChI=1S/C35H31ClN6O/c1-21(2)23-14-16-24(17-15-23)32-31-22(3)40-42(26-10-6-5-7-11-26)34(31)39-35-33(37-25-18-19-30(43-4)27(36)20-25)38-28-12-8-9-13-29(28)41(32)35/h5-21,32H,1-4H3,(H,37,38)/t32-/m1/s1. The van der Waals surface area contributed by atoms with Crippen LogP contribution in [-0.2, 0) is 0 Å². The summed E-state index contributed by atoms with van der Waals surface area (Å²) in [4.78, 5) is 12.7. The van der Waals surface area contributed by atoms with E-state index in [0.29, 0.717) is 28.4 Å². The van der Waals surface area contributed by atoms with E-state index in [0.717, 1.165) is 45.4 Å². The highest BCUT2D eigenvalue weighted by atomic mass is 35.5. The Balaban J connectivity index is 1.46. The van der Waals surface area contributed by atoms with E-state index in [4.69, 9.17) is 31.4 Å². The minimum atomic E-state index is -0.186. The molecule has 43 heavy (non-hydrogen) atoms. The van der Waals surface area contributed by atoms with Crippen LogP contribution in [0.2, 0.25) is 5.02 Å². The molecule has 0 saturated carbocycles. The van der Waals surface area contributed by atoms with Gasteiger partial charge in [-0.3, -0.25) is 0 Å². The Labute approximate surface area is 256 Å². The van der Waals surface area contributed by atoms with Crippen LogP contribution in [0.5, 0.6) is 5.75 Å². The van der Waals surface area contributed by atoms with Crippen LogP contribution in [0.25, 0.3) is 5.69 Å². The fourth-order valence-electron chi connectivity index (χ4n) is 5.81. The van der Waals surface area contributed by atoms with E-state index < -0.39 is 0 Å². The number of amidine groups is 2. The predicted molar refractivity (Wildman–Crippen MR) is 175 cm³/mol. The lowest BCUT2D eigenvalue weighted by Gasteiger charge is -2.40. The number of aromatic nitrogens is 2. The Kier molecular flexibility index (Phi) is 6.75. The first-order valence-corrected chi connectivity index (χ1v) is 14.7. The largest absolute Gasteiger partial charge is 0.495 e. The molecule has 1 aromatic heterocycles. The summed E-state index contributed by atoms with van der Waals surface area (Å²) in [6, 6.07) is 32.7. The number of aryl methyl sites for hydroxylation is 1. The Morgan fingerprint density at radius 2 is 1.63 bits per heavy atom. The number of methoxy groups -OCH3 is 1. The van der Waals surface area contributed by atoms with Crippen LogP contribution in [0, 0.1) is 6.92 Å². The second-order valence-electron chi connectivity index (χ2n) is 11.0. The third-order valence-corrected chi connectivity index (χ3v) is 8.27. The normalized spacial score (nSPS) is 15.3. The predicted octanol–water partition coefficient (Wildman–Crippen LogP) is 8.76. The van der Waals surface area contributed by atoms with Gasteiger partial charge in [0.15, 0.2) is 17.5 Å². The van der Waals surface area contributed by atoms with Crippen LogP contribution in [0.1, 0.15) is 48.2 Å². The number of rotatable bonds is 5. The van der Waals surface area contributed by atoms with Gasteiger partial charge in [-0.25, -0.2) is 14.7 Å². The van der Waals surface area contributed by atoms with Crippen molar-refractivity contribution in [3.63, 3.8) is 0 Å². The summed E-state index contributed by atoms with van der Waals surface area (Å²) in [5.41, 5.74) is 8.00. The topological polar surface area (TPSA) is 67.0 Å². The zero-order chi connectivity index (χ0) is 29.7. The number of aliphatic imine (C=N–C) groups is 2. The number of hydrogen-bond donors (Lipinski definition) is 1. The van der Waals surface area contributed by atoms with Crippen molar-refractivity contribution in [2.24, 2.45) is 9.98 Å². The average Bonchev–Trinajstić information content (AvgIpc) is 3.36. The molecule has 0 fully saturated rings. The molecule has 7 nitrogen and oxygen atoms in total. The maximum absolute atomic E-state index is 6.50. The molecule has 5 aromatic rings. The maximum Gasteiger partial charge on any atom is 0.179 e. The zero-order valence-electron chi connectivity index (χ0n) is 24.4. The summed E-state index contributed by atoms with van der Waals surface area (Å²) in [5.74, 6) is 3.15. The van der Waals surface area contributed by atoms with E-state index in [1.807, 2.05) is 59.3 Å². The zero-order valence-corrected chi connectivity index (χ0v) is 25.2. The third kappa shape index (κ3) is 4.66. The van der Waals surface area contributed by atoms with Crippen LogP contribution in [0.3, 0.4) is 0 Å². The van der Waals surface area contributed by atoms with Gasteiger partial charge in [0, 0.05) is 11.3 Å². The first kappa shape index (κ1) is 27.0. The fraction of sp³-hybridized carbons (Fsp3) is 0.171. The van der Waals surface area contributed by atoms with Crippen LogP contribution in [-0.4, -0.2) is 28.6 Å². The first-order valence-electron chi connectivity index (χ1n) is 14.3. The number of nitrogens with zero attached hydrogens (tertiary/aromatic N) is 5. The van der Waals surface area contributed by atoms with E-state index in [1.54, 1.807) is 7.11 Å². The van der Waals surface area contributed by atoms with E-state index >= 15 is 0 Å². The van der Waals surface area contributed by atoms with Gasteiger partial charge in [-0.1, -0.05) is 80.0 Å². The summed E-state index contributed by atoms with van der Waals surface area (Å²) in [6.45, 7) is 6.50. The summed E-state index contributed by atoms with van der Waals surface area (Å²) in [5, 5.41) is 9.05. The Morgan fingerprint density at radius 1 is 0.884 bits per heavy atom. The van der Waals surface area contributed by atoms with Gasteiger partial charge in [0.05, 0.1) is 40.9 Å². The molecule has 8 heteroatoms. The second kappa shape index (κ2) is 10.7. The van der Waals surface area contributed by atoms with Gasteiger partial charge in [-0.2, -0.15) is 5.10 Å². The van der Waals surface area contributed by atoms with Crippen molar-refractivity contribution in [1.82, 2.24) is 9.78 Å². The number of hydrogen-bond acceptors (Lipinski definition) is 6. The molecule has 0 spiro atoms. The van der Waals surface area contributed by atoms with Gasteiger partial charge in [-0.05, 0) is 66.4 Å². The molecule has 0 amide bonds. The molecular weight excluding hydrogens is 556 g/mol. The highest BCUT2D eigenvalue weighted by molar-refractivity contribution is 6.51. The lowest BCUT2D eigenvalue weighted by molar-refractivity contribution is 0.415. The number of ether oxygens (including phenoxy) is 1. The minimum absolute atomic E-state index is 0.186. The summed E-state index contributed by atoms with van der Waals surface area (Å²) in [6.07, 6.45) is 0. The molecule has 4 aromatic carbocycles. The monoisotopic (exact) mass is 586 g/mol. The van der Waals surface area contributed by atoms with Gasteiger partial charge >= 0.3 is 0 Å². The number of para-hydroxylation sites is 3. The second-order valence-corrected chi connectivity index (χ2v) is 11.4. The van der Waals surface area contributed by atoms with Crippen molar-refractivity contribution in [1.29, 1.82) is 0 Å². The molecule has 0 unspecified atom stereocenters. The van der Waals surface area contributed by atoms with E-state index in [-0.39, 0.29) is 6.04 Å². The quantitative estimate of drug-likeness (QED) is 0.223. The van der Waals surface area contributed by atoms with Gasteiger partial charge in [-0.15, -0.1) is 0 Å². The molecule has 214 valence electrons. The number of benzene rings is 4. The van der Waals surface area contributed by atoms with Gasteiger partial charge in [0.25, 0.3) is 0 Å². The van der Waals surface area contributed by atoms with Crippen molar-refractivity contribution < 1.29 is 4.74 Å². The van der Waals surface area contributed by atoms with E-state index in [9.17, 15) is 0 Å². The smallest absolute Gasteiger partial charge is 0.179 e. The van der Waals surface area contributed by atoms with Crippen LogP contribution >= 0.6 is 11.6 Å². The first-order chi connectivity index (χ1) is 20.9. The Hall–Kier alpha value is -4.88. The summed E-state index contributed by atoms with van der Waals surface area (Å²) < 4.78 is 7.31. The molecule has 3 heterocycles. The molecule has 1 atom stereocenters.